The molecule has 0 saturated carbocycles. The monoisotopic (exact) mass is 283 g/mol. The van der Waals surface area contributed by atoms with Crippen molar-refractivity contribution in [1.29, 1.82) is 0 Å². The van der Waals surface area contributed by atoms with Gasteiger partial charge in [0.2, 0.25) is 5.91 Å². The molecule has 0 spiro atoms. The first-order valence-electron chi connectivity index (χ1n) is 6.03. The second kappa shape index (κ2) is 7.11. The molecule has 1 heterocycles. The van der Waals surface area contributed by atoms with E-state index in [1.54, 1.807) is 29.2 Å². The van der Waals surface area contributed by atoms with E-state index in [1.807, 2.05) is 6.07 Å². The third-order valence-corrected chi connectivity index (χ3v) is 3.01. The number of amides is 2. The maximum Gasteiger partial charge on any atom is 0.251 e. The molecule has 3 N–H and O–H groups in total. The number of hydrogen-bond donors (Lipinski definition) is 2. The van der Waals surface area contributed by atoms with Crippen molar-refractivity contribution in [1.82, 2.24) is 10.2 Å². The van der Waals surface area contributed by atoms with Crippen LogP contribution < -0.4 is 11.1 Å². The van der Waals surface area contributed by atoms with Crippen molar-refractivity contribution >= 4 is 24.2 Å². The van der Waals surface area contributed by atoms with Crippen LogP contribution in [0.2, 0.25) is 0 Å². The number of nitrogens with one attached hydrogen (secondary N) is 1. The van der Waals surface area contributed by atoms with Crippen molar-refractivity contribution in [3.8, 4) is 0 Å². The summed E-state index contributed by atoms with van der Waals surface area (Å²) in [5.74, 6) is -0.306. The number of carbonyl (C=O) groups is 2. The van der Waals surface area contributed by atoms with Crippen molar-refractivity contribution in [2.24, 2.45) is 5.73 Å². The average molecular weight is 284 g/mol. The van der Waals surface area contributed by atoms with Gasteiger partial charge in [0.1, 0.15) is 0 Å². The highest BCUT2D eigenvalue weighted by Crippen LogP contribution is 2.06. The summed E-state index contributed by atoms with van der Waals surface area (Å²) in [6.45, 7) is 1.29. The van der Waals surface area contributed by atoms with Crippen LogP contribution in [0.5, 0.6) is 0 Å². The Balaban J connectivity index is 0.00000180. The molecule has 1 fully saturated rings. The van der Waals surface area contributed by atoms with Crippen LogP contribution in [0.3, 0.4) is 0 Å². The summed E-state index contributed by atoms with van der Waals surface area (Å²) in [5.41, 5.74) is 6.29. The molecule has 0 aliphatic carbocycles. The first kappa shape index (κ1) is 15.5. The normalized spacial score (nSPS) is 17.7. The van der Waals surface area contributed by atoms with E-state index in [-0.39, 0.29) is 36.8 Å². The highest BCUT2D eigenvalue weighted by Gasteiger charge is 2.23. The zero-order chi connectivity index (χ0) is 13.0. The molecule has 19 heavy (non-hydrogen) atoms. The SMILES string of the molecule is Cl.NC1CCN(C(=O)CNC(=O)c2ccccc2)C1. The van der Waals surface area contributed by atoms with Gasteiger partial charge in [0, 0.05) is 24.7 Å². The van der Waals surface area contributed by atoms with Gasteiger partial charge >= 0.3 is 0 Å². The van der Waals surface area contributed by atoms with Crippen molar-refractivity contribution in [2.75, 3.05) is 19.6 Å². The van der Waals surface area contributed by atoms with Crippen LogP contribution in [0, 0.1) is 0 Å². The Morgan fingerprint density at radius 1 is 1.32 bits per heavy atom. The molecule has 1 aromatic rings. The van der Waals surface area contributed by atoms with Gasteiger partial charge in [-0.15, -0.1) is 12.4 Å². The molecule has 0 aromatic heterocycles. The number of carbonyl (C=O) groups excluding carboxylic acids is 2. The van der Waals surface area contributed by atoms with Gasteiger partial charge in [-0.05, 0) is 18.6 Å². The number of rotatable bonds is 3. The lowest BCUT2D eigenvalue weighted by Gasteiger charge is -2.15. The Hall–Kier alpha value is -1.59. The third kappa shape index (κ3) is 4.22. The fourth-order valence-electron chi connectivity index (χ4n) is 1.97. The number of hydrogen-bond acceptors (Lipinski definition) is 3. The van der Waals surface area contributed by atoms with E-state index < -0.39 is 0 Å². The maximum atomic E-state index is 11.8. The van der Waals surface area contributed by atoms with Gasteiger partial charge in [0.15, 0.2) is 0 Å². The van der Waals surface area contributed by atoms with Crippen molar-refractivity contribution in [3.05, 3.63) is 35.9 Å². The standard InChI is InChI=1S/C13H17N3O2.ClH/c14-11-6-7-16(9-11)12(17)8-15-13(18)10-4-2-1-3-5-10;/h1-5,11H,6-9,14H2,(H,15,18);1H. The van der Waals surface area contributed by atoms with Crippen LogP contribution in [0.15, 0.2) is 30.3 Å². The lowest BCUT2D eigenvalue weighted by atomic mass is 10.2. The predicted molar refractivity (Wildman–Crippen MR) is 75.2 cm³/mol. The van der Waals surface area contributed by atoms with Crippen molar-refractivity contribution < 1.29 is 9.59 Å². The van der Waals surface area contributed by atoms with E-state index in [0.29, 0.717) is 18.7 Å². The van der Waals surface area contributed by atoms with Crippen LogP contribution in [-0.4, -0.2) is 42.4 Å². The highest BCUT2D eigenvalue weighted by atomic mass is 35.5. The van der Waals surface area contributed by atoms with Crippen LogP contribution >= 0.6 is 12.4 Å². The summed E-state index contributed by atoms with van der Waals surface area (Å²) in [6.07, 6.45) is 0.832. The van der Waals surface area contributed by atoms with Crippen molar-refractivity contribution in [2.45, 2.75) is 12.5 Å². The zero-order valence-electron chi connectivity index (χ0n) is 10.5. The molecule has 1 aromatic carbocycles. The van der Waals surface area contributed by atoms with E-state index in [2.05, 4.69) is 5.32 Å². The largest absolute Gasteiger partial charge is 0.343 e. The first-order valence-corrected chi connectivity index (χ1v) is 6.03. The van der Waals surface area contributed by atoms with Gasteiger partial charge in [-0.2, -0.15) is 0 Å². The Bertz CT molecular complexity index is 439. The lowest BCUT2D eigenvalue weighted by Crippen LogP contribution is -2.40. The van der Waals surface area contributed by atoms with Crippen LogP contribution in [-0.2, 0) is 4.79 Å². The topological polar surface area (TPSA) is 75.4 Å². The predicted octanol–water partition coefficient (Wildman–Crippen LogP) is 0.398. The van der Waals surface area contributed by atoms with Crippen molar-refractivity contribution in [3.63, 3.8) is 0 Å². The molecule has 1 aliphatic rings. The first-order chi connectivity index (χ1) is 8.66. The molecule has 1 unspecified atom stereocenters. The summed E-state index contributed by atoms with van der Waals surface area (Å²) in [4.78, 5) is 25.2. The molecule has 0 radical (unpaired) electrons. The Morgan fingerprint density at radius 3 is 2.58 bits per heavy atom. The highest BCUT2D eigenvalue weighted by molar-refractivity contribution is 5.96. The molecule has 0 bridgehead atoms. The van der Waals surface area contributed by atoms with E-state index in [1.165, 1.54) is 0 Å². The van der Waals surface area contributed by atoms with Gasteiger partial charge in [0.25, 0.3) is 5.91 Å². The van der Waals surface area contributed by atoms with E-state index in [0.717, 1.165) is 6.42 Å². The van der Waals surface area contributed by atoms with Crippen LogP contribution in [0.4, 0.5) is 0 Å². The number of likely N-dealkylation sites (tertiary alicyclic amines) is 1. The van der Waals surface area contributed by atoms with Gasteiger partial charge in [-0.1, -0.05) is 18.2 Å². The summed E-state index contributed by atoms with van der Waals surface area (Å²) >= 11 is 0. The van der Waals surface area contributed by atoms with Crippen LogP contribution in [0.1, 0.15) is 16.8 Å². The van der Waals surface area contributed by atoms with Gasteiger partial charge < -0.3 is 16.0 Å². The second-order valence-corrected chi connectivity index (χ2v) is 4.44. The minimum Gasteiger partial charge on any atom is -0.343 e. The summed E-state index contributed by atoms with van der Waals surface area (Å²) in [7, 11) is 0. The number of nitrogens with two attached hydrogens (primary N) is 1. The fraction of sp³-hybridized carbons (Fsp3) is 0.385. The molecule has 2 rings (SSSR count). The average Bonchev–Trinajstić information content (AvgIpc) is 2.83. The minimum absolute atomic E-state index is 0. The molecule has 6 heteroatoms. The zero-order valence-corrected chi connectivity index (χ0v) is 11.4. The Morgan fingerprint density at radius 2 is 2.00 bits per heavy atom. The molecule has 2 amide bonds. The van der Waals surface area contributed by atoms with Gasteiger partial charge in [-0.3, -0.25) is 9.59 Å². The van der Waals surface area contributed by atoms with Gasteiger partial charge in [0.05, 0.1) is 6.54 Å². The second-order valence-electron chi connectivity index (χ2n) is 4.44. The minimum atomic E-state index is -0.229. The number of nitrogens with zero attached hydrogens (tertiary/aromatic N) is 1. The van der Waals surface area contributed by atoms with E-state index in [9.17, 15) is 9.59 Å². The summed E-state index contributed by atoms with van der Waals surface area (Å²) in [6, 6.07) is 8.91. The molecule has 104 valence electrons. The molecular weight excluding hydrogens is 266 g/mol. The Kier molecular flexibility index (Phi) is 5.79. The third-order valence-electron chi connectivity index (χ3n) is 3.01. The number of halogens is 1. The summed E-state index contributed by atoms with van der Waals surface area (Å²) in [5, 5.41) is 2.62. The lowest BCUT2D eigenvalue weighted by molar-refractivity contribution is -0.129. The molecule has 5 nitrogen and oxygen atoms in total. The quantitative estimate of drug-likeness (QED) is 0.843. The Labute approximate surface area is 118 Å². The van der Waals surface area contributed by atoms with Gasteiger partial charge in [-0.25, -0.2) is 0 Å². The van der Waals surface area contributed by atoms with Crippen LogP contribution in [0.25, 0.3) is 0 Å². The molecule has 1 saturated heterocycles. The fourth-order valence-corrected chi connectivity index (χ4v) is 1.97. The number of benzene rings is 1. The molecule has 1 aliphatic heterocycles. The van der Waals surface area contributed by atoms with E-state index >= 15 is 0 Å². The maximum absolute atomic E-state index is 11.8. The summed E-state index contributed by atoms with van der Waals surface area (Å²) < 4.78 is 0. The molecular formula is C13H18ClN3O2. The van der Waals surface area contributed by atoms with E-state index in [4.69, 9.17) is 5.73 Å². The smallest absolute Gasteiger partial charge is 0.251 e. The molecule has 1 atom stereocenters.